The van der Waals surface area contributed by atoms with Gasteiger partial charge in [-0.25, -0.2) is 0 Å². The number of halogens is 6. The number of fused-ring (bicyclic) bond motifs is 1. The summed E-state index contributed by atoms with van der Waals surface area (Å²) in [5.74, 6) is -3.56. The van der Waals surface area contributed by atoms with E-state index in [1.807, 2.05) is 6.07 Å². The minimum absolute atomic E-state index is 0.0507. The van der Waals surface area contributed by atoms with Gasteiger partial charge >= 0.3 is 12.4 Å². The third kappa shape index (κ3) is 7.42. The number of nitrogens with one attached hydrogen (secondary N) is 4. The molecule has 4 N–H and O–H groups in total. The average Bonchev–Trinajstić information content (AvgIpc) is 3.45. The van der Waals surface area contributed by atoms with E-state index < -0.39 is 81.1 Å². The second-order valence-electron chi connectivity index (χ2n) is 11.0. The maximum Gasteiger partial charge on any atom is 0.420 e. The lowest BCUT2D eigenvalue weighted by Crippen LogP contribution is -2.51. The van der Waals surface area contributed by atoms with Crippen LogP contribution in [0.1, 0.15) is 61.6 Å². The van der Waals surface area contributed by atoms with Crippen molar-refractivity contribution < 1.29 is 45.5 Å². The molecule has 224 valence electrons. The normalized spacial score (nSPS) is 17.5. The van der Waals surface area contributed by atoms with E-state index in [2.05, 4.69) is 20.9 Å². The number of H-pyrrole nitrogens is 1. The van der Waals surface area contributed by atoms with Gasteiger partial charge < -0.3 is 25.7 Å². The monoisotopic (exact) mass is 589 g/mol. The lowest BCUT2D eigenvalue weighted by molar-refractivity contribution is -0.162. The second kappa shape index (κ2) is 11.5. The standard InChI is InChI=1S/C26H29F6N5O4/c1-24(2,3)10-18(23(40)35-13(11-33)7-12-5-6-34-21(12)38)37-22(39)17-8-14-16(36-17)9-15(25(27,28)29)19(20(14)41-4)26(30,31)32/h8-9,12-13,18,36H,5-7,10H2,1-4H3,(H,34,38)(H,35,40)(H,37,39)/t12-,13-,18-/m0/s1. The Kier molecular flexibility index (Phi) is 8.85. The molecule has 2 aromatic rings. The van der Waals surface area contributed by atoms with Crippen LogP contribution in [-0.2, 0) is 21.9 Å². The molecule has 2 heterocycles. The number of hydrogen-bond donors (Lipinski definition) is 4. The average molecular weight is 590 g/mol. The molecule has 0 spiro atoms. The minimum Gasteiger partial charge on any atom is -0.495 e. The number of amides is 3. The summed E-state index contributed by atoms with van der Waals surface area (Å²) in [6.45, 7) is 5.77. The quantitative estimate of drug-likeness (QED) is 0.341. The second-order valence-corrected chi connectivity index (χ2v) is 11.0. The van der Waals surface area contributed by atoms with Crippen molar-refractivity contribution in [3.05, 3.63) is 29.0 Å². The molecule has 0 aliphatic carbocycles. The van der Waals surface area contributed by atoms with E-state index in [1.54, 1.807) is 20.8 Å². The fraction of sp³-hybridized carbons (Fsp3) is 0.538. The molecule has 1 aromatic carbocycles. The fourth-order valence-electron chi connectivity index (χ4n) is 4.71. The van der Waals surface area contributed by atoms with Crippen molar-refractivity contribution in [3.63, 3.8) is 0 Å². The number of benzene rings is 1. The lowest BCUT2D eigenvalue weighted by Gasteiger charge is -2.27. The van der Waals surface area contributed by atoms with Crippen LogP contribution < -0.4 is 20.7 Å². The number of hydrogen-bond acceptors (Lipinski definition) is 5. The molecule has 0 radical (unpaired) electrons. The molecular weight excluding hydrogens is 560 g/mol. The number of nitriles is 1. The van der Waals surface area contributed by atoms with Crippen molar-refractivity contribution in [3.8, 4) is 11.8 Å². The number of methoxy groups -OCH3 is 1. The Morgan fingerprint density at radius 1 is 1.12 bits per heavy atom. The predicted molar refractivity (Wildman–Crippen MR) is 133 cm³/mol. The van der Waals surface area contributed by atoms with Crippen LogP contribution in [0, 0.1) is 22.7 Å². The van der Waals surface area contributed by atoms with E-state index in [9.17, 15) is 46.0 Å². The van der Waals surface area contributed by atoms with Crippen LogP contribution in [0.25, 0.3) is 10.9 Å². The maximum atomic E-state index is 13.7. The summed E-state index contributed by atoms with van der Waals surface area (Å²) in [5.41, 5.74) is -5.42. The summed E-state index contributed by atoms with van der Waals surface area (Å²) in [7, 11) is 0.779. The highest BCUT2D eigenvalue weighted by atomic mass is 19.4. The van der Waals surface area contributed by atoms with Crippen LogP contribution in [0.3, 0.4) is 0 Å². The first-order valence-electron chi connectivity index (χ1n) is 12.5. The highest BCUT2D eigenvalue weighted by Gasteiger charge is 2.47. The number of carbonyl (C=O) groups is 3. The largest absolute Gasteiger partial charge is 0.495 e. The minimum atomic E-state index is -5.42. The Hall–Kier alpha value is -3.96. The SMILES string of the molecule is COc1c(C(F)(F)F)c(C(F)(F)F)cc2[nH]c(C(=O)N[C@@H](CC(C)(C)C)C(=O)N[C@H](C#N)C[C@@H]3CCNC3=O)cc12. The Balaban J connectivity index is 1.93. The molecule has 9 nitrogen and oxygen atoms in total. The Labute approximate surface area is 231 Å². The zero-order valence-electron chi connectivity index (χ0n) is 22.6. The molecule has 1 aliphatic rings. The molecule has 41 heavy (non-hydrogen) atoms. The van der Waals surface area contributed by atoms with Gasteiger partial charge in [-0.2, -0.15) is 31.6 Å². The summed E-state index contributed by atoms with van der Waals surface area (Å²) >= 11 is 0. The van der Waals surface area contributed by atoms with Gasteiger partial charge in [0.15, 0.2) is 0 Å². The summed E-state index contributed by atoms with van der Waals surface area (Å²) in [6.07, 6.45) is -10.2. The van der Waals surface area contributed by atoms with Gasteiger partial charge in [-0.15, -0.1) is 0 Å². The van der Waals surface area contributed by atoms with Crippen LogP contribution in [-0.4, -0.2) is 48.4 Å². The van der Waals surface area contributed by atoms with Gasteiger partial charge in [0.25, 0.3) is 5.91 Å². The molecule has 15 heteroatoms. The number of rotatable bonds is 8. The van der Waals surface area contributed by atoms with Crippen molar-refractivity contribution in [1.82, 2.24) is 20.9 Å². The summed E-state index contributed by atoms with van der Waals surface area (Å²) < 4.78 is 86.4. The van der Waals surface area contributed by atoms with Gasteiger partial charge in [0.1, 0.15) is 29.1 Å². The summed E-state index contributed by atoms with van der Waals surface area (Å²) in [6, 6.07) is 0.786. The molecule has 3 rings (SSSR count). The molecule has 3 atom stereocenters. The zero-order valence-corrected chi connectivity index (χ0v) is 22.6. The van der Waals surface area contributed by atoms with Crippen LogP contribution in [0.5, 0.6) is 5.75 Å². The van der Waals surface area contributed by atoms with Crippen molar-refractivity contribution >= 4 is 28.6 Å². The third-order valence-corrected chi connectivity index (χ3v) is 6.51. The van der Waals surface area contributed by atoms with Gasteiger partial charge in [-0.05, 0) is 36.8 Å². The number of nitrogens with zero attached hydrogens (tertiary/aromatic N) is 1. The highest BCUT2D eigenvalue weighted by molar-refractivity contribution is 6.02. The van der Waals surface area contributed by atoms with Gasteiger partial charge in [0.05, 0.1) is 24.3 Å². The first-order chi connectivity index (χ1) is 18.9. The van der Waals surface area contributed by atoms with Crippen LogP contribution in [0.2, 0.25) is 0 Å². The smallest absolute Gasteiger partial charge is 0.420 e. The van der Waals surface area contributed by atoms with Gasteiger partial charge in [-0.1, -0.05) is 20.8 Å². The molecule has 0 bridgehead atoms. The molecule has 1 fully saturated rings. The van der Waals surface area contributed by atoms with Gasteiger partial charge in [-0.3, -0.25) is 14.4 Å². The van der Waals surface area contributed by atoms with E-state index in [0.29, 0.717) is 13.0 Å². The van der Waals surface area contributed by atoms with E-state index in [4.69, 9.17) is 4.74 Å². The number of aromatic amines is 1. The molecule has 1 aromatic heterocycles. The lowest BCUT2D eigenvalue weighted by atomic mass is 9.87. The number of ether oxygens (including phenoxy) is 1. The van der Waals surface area contributed by atoms with Crippen molar-refractivity contribution in [2.45, 2.75) is 64.5 Å². The van der Waals surface area contributed by atoms with E-state index in [1.165, 1.54) is 0 Å². The molecule has 3 amide bonds. The first-order valence-corrected chi connectivity index (χ1v) is 12.5. The predicted octanol–water partition coefficient (Wildman–Crippen LogP) is 4.28. The van der Waals surface area contributed by atoms with E-state index in [-0.39, 0.29) is 24.8 Å². The Morgan fingerprint density at radius 2 is 1.78 bits per heavy atom. The summed E-state index contributed by atoms with van der Waals surface area (Å²) in [5, 5.41) is 16.7. The zero-order chi connectivity index (χ0) is 30.9. The third-order valence-electron chi connectivity index (χ3n) is 6.51. The maximum absolute atomic E-state index is 13.7. The molecular formula is C26H29F6N5O4. The Bertz CT molecular complexity index is 1370. The topological polar surface area (TPSA) is 136 Å². The molecule has 0 saturated carbocycles. The number of alkyl halides is 6. The van der Waals surface area contributed by atoms with E-state index >= 15 is 0 Å². The summed E-state index contributed by atoms with van der Waals surface area (Å²) in [4.78, 5) is 40.5. The van der Waals surface area contributed by atoms with Crippen LogP contribution >= 0.6 is 0 Å². The van der Waals surface area contributed by atoms with E-state index in [0.717, 1.165) is 13.2 Å². The number of aromatic nitrogens is 1. The van der Waals surface area contributed by atoms with Gasteiger partial charge in [0, 0.05) is 17.8 Å². The van der Waals surface area contributed by atoms with Crippen molar-refractivity contribution in [2.24, 2.45) is 11.3 Å². The van der Waals surface area contributed by atoms with Gasteiger partial charge in [0.2, 0.25) is 11.8 Å². The molecule has 0 unspecified atom stereocenters. The van der Waals surface area contributed by atoms with Crippen molar-refractivity contribution in [2.75, 3.05) is 13.7 Å². The van der Waals surface area contributed by atoms with Crippen LogP contribution in [0.4, 0.5) is 26.3 Å². The fourth-order valence-corrected chi connectivity index (χ4v) is 4.71. The first kappa shape index (κ1) is 31.6. The highest BCUT2D eigenvalue weighted by Crippen LogP contribution is 2.48. The molecule has 1 saturated heterocycles. The van der Waals surface area contributed by atoms with Crippen molar-refractivity contribution in [1.29, 1.82) is 5.26 Å². The van der Waals surface area contributed by atoms with Crippen LogP contribution in [0.15, 0.2) is 12.1 Å². The Morgan fingerprint density at radius 3 is 2.27 bits per heavy atom. The number of carbonyl (C=O) groups excluding carboxylic acids is 3. The molecule has 1 aliphatic heterocycles.